The molecule has 1 aromatic carbocycles. The normalized spacial score (nSPS) is 10.4. The van der Waals surface area contributed by atoms with Crippen molar-refractivity contribution < 1.29 is 4.92 Å². The summed E-state index contributed by atoms with van der Waals surface area (Å²) >= 11 is 0. The lowest BCUT2D eigenvalue weighted by molar-refractivity contribution is -0.384. The van der Waals surface area contributed by atoms with Gasteiger partial charge in [-0.2, -0.15) is 5.10 Å². The van der Waals surface area contributed by atoms with Crippen molar-refractivity contribution in [2.45, 2.75) is 0 Å². The van der Waals surface area contributed by atoms with E-state index in [0.29, 0.717) is 11.4 Å². The van der Waals surface area contributed by atoms with Crippen LogP contribution in [0.15, 0.2) is 53.8 Å². The number of rotatable bonds is 4. The predicted molar refractivity (Wildman–Crippen MR) is 68.6 cm³/mol. The summed E-state index contributed by atoms with van der Waals surface area (Å²) < 4.78 is 0. The highest BCUT2D eigenvalue weighted by molar-refractivity contribution is 5.77. The van der Waals surface area contributed by atoms with E-state index in [-0.39, 0.29) is 5.69 Å². The molecule has 0 saturated carbocycles. The summed E-state index contributed by atoms with van der Waals surface area (Å²) in [6.45, 7) is 0. The first kappa shape index (κ1) is 11.7. The molecule has 0 amide bonds. The van der Waals surface area contributed by atoms with Crippen LogP contribution in [0.2, 0.25) is 0 Å². The van der Waals surface area contributed by atoms with E-state index in [1.807, 2.05) is 12.1 Å². The van der Waals surface area contributed by atoms with Gasteiger partial charge in [-0.15, -0.1) is 0 Å². The number of nitro groups is 1. The number of anilines is 1. The number of non-ortho nitro benzene ring substituents is 1. The number of benzene rings is 1. The number of nitrogens with zero attached hydrogens (tertiary/aromatic N) is 3. The molecule has 0 saturated heterocycles. The summed E-state index contributed by atoms with van der Waals surface area (Å²) in [5, 5.41) is 14.5. The van der Waals surface area contributed by atoms with Gasteiger partial charge in [0.05, 0.1) is 22.5 Å². The van der Waals surface area contributed by atoms with Crippen molar-refractivity contribution in [2.24, 2.45) is 5.10 Å². The summed E-state index contributed by atoms with van der Waals surface area (Å²) in [4.78, 5) is 14.2. The molecule has 2 aromatic rings. The van der Waals surface area contributed by atoms with Gasteiger partial charge in [-0.1, -0.05) is 12.1 Å². The maximum Gasteiger partial charge on any atom is 0.271 e. The predicted octanol–water partition coefficient (Wildman–Crippen LogP) is 2.44. The number of nitrogens with one attached hydrogen (secondary N) is 1. The summed E-state index contributed by atoms with van der Waals surface area (Å²) in [7, 11) is 0. The number of pyridine rings is 1. The largest absolute Gasteiger partial charge is 0.278 e. The lowest BCUT2D eigenvalue weighted by Gasteiger charge is -1.99. The second-order valence-corrected chi connectivity index (χ2v) is 3.43. The zero-order valence-corrected chi connectivity index (χ0v) is 9.35. The third-order valence-electron chi connectivity index (χ3n) is 2.14. The number of hydrazone groups is 1. The van der Waals surface area contributed by atoms with Crippen LogP contribution in [-0.4, -0.2) is 16.1 Å². The van der Waals surface area contributed by atoms with E-state index in [9.17, 15) is 10.1 Å². The molecule has 6 heteroatoms. The lowest BCUT2D eigenvalue weighted by Crippen LogP contribution is -1.93. The van der Waals surface area contributed by atoms with Crippen LogP contribution in [0.25, 0.3) is 0 Å². The van der Waals surface area contributed by atoms with Crippen molar-refractivity contribution in [3.8, 4) is 0 Å². The fourth-order valence-electron chi connectivity index (χ4n) is 1.31. The van der Waals surface area contributed by atoms with Crippen LogP contribution in [-0.2, 0) is 0 Å². The minimum absolute atomic E-state index is 0.0213. The van der Waals surface area contributed by atoms with Crippen LogP contribution in [0.3, 0.4) is 0 Å². The highest BCUT2D eigenvalue weighted by Gasteiger charge is 2.04. The molecule has 0 atom stereocenters. The van der Waals surface area contributed by atoms with Crippen LogP contribution in [0.1, 0.15) is 5.69 Å². The van der Waals surface area contributed by atoms with Crippen molar-refractivity contribution >= 4 is 17.6 Å². The van der Waals surface area contributed by atoms with Gasteiger partial charge in [0.2, 0.25) is 0 Å². The number of nitro benzene ring substituents is 1. The Labute approximate surface area is 103 Å². The summed E-state index contributed by atoms with van der Waals surface area (Å²) in [5.74, 6) is 0. The Morgan fingerprint density at radius 1 is 1.28 bits per heavy atom. The molecule has 0 aliphatic carbocycles. The van der Waals surface area contributed by atoms with Crippen molar-refractivity contribution in [1.29, 1.82) is 0 Å². The molecular formula is C12H10N4O2. The number of aromatic nitrogens is 1. The SMILES string of the molecule is O=[N+]([O-])c1cccc(N/N=C/c2ccccn2)c1. The maximum atomic E-state index is 10.6. The second-order valence-electron chi connectivity index (χ2n) is 3.43. The third kappa shape index (κ3) is 3.11. The summed E-state index contributed by atoms with van der Waals surface area (Å²) in [6, 6.07) is 11.6. The highest BCUT2D eigenvalue weighted by Crippen LogP contribution is 2.16. The molecule has 1 aromatic heterocycles. The van der Waals surface area contributed by atoms with Gasteiger partial charge in [0.1, 0.15) is 0 Å². The Kier molecular flexibility index (Phi) is 3.60. The fourth-order valence-corrected chi connectivity index (χ4v) is 1.31. The van der Waals surface area contributed by atoms with Crippen molar-refractivity contribution in [2.75, 3.05) is 5.43 Å². The molecule has 2 rings (SSSR count). The van der Waals surface area contributed by atoms with Crippen LogP contribution in [0, 0.1) is 10.1 Å². The molecule has 0 unspecified atom stereocenters. The molecule has 1 heterocycles. The molecule has 1 N–H and O–H groups in total. The van der Waals surface area contributed by atoms with E-state index in [1.165, 1.54) is 12.1 Å². The van der Waals surface area contributed by atoms with Crippen LogP contribution in [0.4, 0.5) is 11.4 Å². The average Bonchev–Trinajstić information content (AvgIpc) is 2.40. The van der Waals surface area contributed by atoms with Crippen molar-refractivity contribution in [3.05, 3.63) is 64.5 Å². The first-order valence-corrected chi connectivity index (χ1v) is 5.20. The van der Waals surface area contributed by atoms with Gasteiger partial charge in [0, 0.05) is 18.3 Å². The molecule has 6 nitrogen and oxygen atoms in total. The van der Waals surface area contributed by atoms with Crippen LogP contribution < -0.4 is 5.43 Å². The summed E-state index contributed by atoms with van der Waals surface area (Å²) in [6.07, 6.45) is 3.20. The van der Waals surface area contributed by atoms with E-state index < -0.39 is 4.92 Å². The minimum Gasteiger partial charge on any atom is -0.278 e. The second kappa shape index (κ2) is 5.53. The quantitative estimate of drug-likeness (QED) is 0.507. The van der Waals surface area contributed by atoms with Gasteiger partial charge < -0.3 is 0 Å². The first-order valence-electron chi connectivity index (χ1n) is 5.20. The number of hydrogen-bond acceptors (Lipinski definition) is 5. The smallest absolute Gasteiger partial charge is 0.271 e. The van der Waals surface area contributed by atoms with Gasteiger partial charge in [-0.3, -0.25) is 20.5 Å². The molecule has 0 aliphatic rings. The molecule has 0 radical (unpaired) electrons. The van der Waals surface area contributed by atoms with E-state index >= 15 is 0 Å². The fraction of sp³-hybridized carbons (Fsp3) is 0. The van der Waals surface area contributed by atoms with Crippen LogP contribution in [0.5, 0.6) is 0 Å². The van der Waals surface area contributed by atoms with Crippen molar-refractivity contribution in [1.82, 2.24) is 4.98 Å². The van der Waals surface area contributed by atoms with E-state index in [2.05, 4.69) is 15.5 Å². The Morgan fingerprint density at radius 2 is 2.17 bits per heavy atom. The molecule has 90 valence electrons. The Bertz CT molecular complexity index is 569. The molecular weight excluding hydrogens is 232 g/mol. The Morgan fingerprint density at radius 3 is 2.89 bits per heavy atom. The van der Waals surface area contributed by atoms with Gasteiger partial charge in [-0.25, -0.2) is 0 Å². The number of hydrogen-bond donors (Lipinski definition) is 1. The topological polar surface area (TPSA) is 80.4 Å². The van der Waals surface area contributed by atoms with Gasteiger partial charge in [0.25, 0.3) is 5.69 Å². The standard InChI is InChI=1S/C12H10N4O2/c17-16(18)12-6-3-5-10(8-12)15-14-9-11-4-1-2-7-13-11/h1-9,15H/b14-9+. The maximum absolute atomic E-state index is 10.6. The third-order valence-corrected chi connectivity index (χ3v) is 2.14. The van der Waals surface area contributed by atoms with Gasteiger partial charge in [0.15, 0.2) is 0 Å². The van der Waals surface area contributed by atoms with Gasteiger partial charge in [-0.05, 0) is 18.2 Å². The monoisotopic (exact) mass is 242 g/mol. The highest BCUT2D eigenvalue weighted by atomic mass is 16.6. The van der Waals surface area contributed by atoms with E-state index in [0.717, 1.165) is 0 Å². The Balaban J connectivity index is 2.04. The average molecular weight is 242 g/mol. The molecule has 0 spiro atoms. The van der Waals surface area contributed by atoms with E-state index in [1.54, 1.807) is 30.6 Å². The first-order chi connectivity index (χ1) is 8.75. The molecule has 18 heavy (non-hydrogen) atoms. The zero-order valence-electron chi connectivity index (χ0n) is 9.35. The molecule has 0 bridgehead atoms. The summed E-state index contributed by atoms with van der Waals surface area (Å²) in [5.41, 5.74) is 3.99. The van der Waals surface area contributed by atoms with Crippen LogP contribution >= 0.6 is 0 Å². The molecule has 0 fully saturated rings. The molecule has 0 aliphatic heterocycles. The van der Waals surface area contributed by atoms with Gasteiger partial charge >= 0.3 is 0 Å². The van der Waals surface area contributed by atoms with E-state index in [4.69, 9.17) is 0 Å². The lowest BCUT2D eigenvalue weighted by atomic mass is 10.3. The van der Waals surface area contributed by atoms with Crippen molar-refractivity contribution in [3.63, 3.8) is 0 Å². The Hall–Kier alpha value is -2.76. The minimum atomic E-state index is -0.451. The zero-order chi connectivity index (χ0) is 12.8.